The predicted octanol–water partition coefficient (Wildman–Crippen LogP) is 2.86. The highest BCUT2D eigenvalue weighted by atomic mass is 19.4. The highest BCUT2D eigenvalue weighted by Gasteiger charge is 2.25. The second-order valence-corrected chi connectivity index (χ2v) is 3.97. The third-order valence-corrected chi connectivity index (χ3v) is 2.31. The summed E-state index contributed by atoms with van der Waals surface area (Å²) < 4.78 is 40.8. The monoisotopic (exact) mass is 271 g/mol. The maximum atomic E-state index is 11.9. The van der Waals surface area contributed by atoms with Gasteiger partial charge in [-0.3, -0.25) is 0 Å². The molecule has 0 aliphatic heterocycles. The van der Waals surface area contributed by atoms with E-state index in [4.69, 9.17) is 10.5 Å². The Morgan fingerprint density at radius 2 is 1.84 bits per heavy atom. The Morgan fingerprint density at radius 3 is 2.42 bits per heavy atom. The van der Waals surface area contributed by atoms with Gasteiger partial charge in [-0.2, -0.15) is 13.2 Å². The van der Waals surface area contributed by atoms with Gasteiger partial charge in [-0.25, -0.2) is 0 Å². The van der Waals surface area contributed by atoms with E-state index in [1.807, 2.05) is 24.3 Å². The number of hydrogen-bond acceptors (Lipinski definition) is 2. The van der Waals surface area contributed by atoms with Gasteiger partial charge >= 0.3 is 6.18 Å². The third kappa shape index (κ3) is 7.50. The van der Waals surface area contributed by atoms with Gasteiger partial charge in [0.05, 0.1) is 13.2 Å². The molecule has 0 unspecified atom stereocenters. The molecule has 5 heteroatoms. The minimum absolute atomic E-state index is 0.0104. The van der Waals surface area contributed by atoms with Gasteiger partial charge in [0.25, 0.3) is 0 Å². The molecular formula is C14H16F3NO. The van der Waals surface area contributed by atoms with Crippen LogP contribution in [0, 0.1) is 11.8 Å². The number of rotatable bonds is 5. The fourth-order valence-electron chi connectivity index (χ4n) is 1.40. The van der Waals surface area contributed by atoms with Gasteiger partial charge < -0.3 is 10.5 Å². The van der Waals surface area contributed by atoms with Crippen molar-refractivity contribution in [1.29, 1.82) is 0 Å². The summed E-state index contributed by atoms with van der Waals surface area (Å²) in [4.78, 5) is 0. The summed E-state index contributed by atoms with van der Waals surface area (Å²) in [7, 11) is 0. The van der Waals surface area contributed by atoms with Crippen LogP contribution < -0.4 is 5.73 Å². The summed E-state index contributed by atoms with van der Waals surface area (Å²) in [5, 5.41) is 0. The molecule has 0 aromatic heterocycles. The van der Waals surface area contributed by atoms with Crippen LogP contribution in [0.15, 0.2) is 24.3 Å². The van der Waals surface area contributed by atoms with Crippen molar-refractivity contribution < 1.29 is 17.9 Å². The first-order valence-electron chi connectivity index (χ1n) is 5.93. The van der Waals surface area contributed by atoms with Crippen LogP contribution >= 0.6 is 0 Å². The van der Waals surface area contributed by atoms with Crippen molar-refractivity contribution in [2.75, 3.05) is 13.2 Å². The first-order valence-corrected chi connectivity index (χ1v) is 5.93. The molecule has 0 atom stereocenters. The van der Waals surface area contributed by atoms with Crippen LogP contribution in [0.4, 0.5) is 13.2 Å². The van der Waals surface area contributed by atoms with Crippen LogP contribution in [0.1, 0.15) is 24.0 Å². The van der Waals surface area contributed by atoms with Crippen molar-refractivity contribution in [1.82, 2.24) is 0 Å². The average Bonchev–Trinajstić information content (AvgIpc) is 2.36. The van der Waals surface area contributed by atoms with Gasteiger partial charge in [0.15, 0.2) is 0 Å². The van der Waals surface area contributed by atoms with Crippen molar-refractivity contribution in [2.24, 2.45) is 5.73 Å². The first kappa shape index (κ1) is 15.5. The minimum atomic E-state index is -4.10. The van der Waals surface area contributed by atoms with Crippen molar-refractivity contribution in [3.8, 4) is 11.8 Å². The Bertz CT molecular complexity index is 429. The van der Waals surface area contributed by atoms with E-state index in [-0.39, 0.29) is 13.0 Å². The standard InChI is InChI=1S/C14H16F3NO/c15-14(16,17)8-2-10-19-11-13-6-4-12(5-7-13)3-1-9-18/h4-7H,2,8-11,18H2. The fraction of sp³-hybridized carbons (Fsp3) is 0.429. The van der Waals surface area contributed by atoms with Crippen molar-refractivity contribution in [3.05, 3.63) is 35.4 Å². The summed E-state index contributed by atoms with van der Waals surface area (Å²) in [5.41, 5.74) is 7.02. The molecule has 0 spiro atoms. The minimum Gasteiger partial charge on any atom is -0.377 e. The number of alkyl halides is 3. The molecule has 0 amide bonds. The zero-order valence-electron chi connectivity index (χ0n) is 10.5. The SMILES string of the molecule is NCC#Cc1ccc(COCCCC(F)(F)F)cc1. The van der Waals surface area contributed by atoms with Gasteiger partial charge in [-0.1, -0.05) is 24.0 Å². The molecule has 0 heterocycles. The molecule has 2 N–H and O–H groups in total. The van der Waals surface area contributed by atoms with Crippen LogP contribution in [0.2, 0.25) is 0 Å². The Labute approximate surface area is 110 Å². The lowest BCUT2D eigenvalue weighted by Gasteiger charge is -2.07. The topological polar surface area (TPSA) is 35.2 Å². The number of ether oxygens (including phenoxy) is 1. The largest absolute Gasteiger partial charge is 0.389 e. The third-order valence-electron chi connectivity index (χ3n) is 2.31. The van der Waals surface area contributed by atoms with Crippen LogP contribution in [0.3, 0.4) is 0 Å². The zero-order valence-corrected chi connectivity index (χ0v) is 10.5. The van der Waals surface area contributed by atoms with E-state index < -0.39 is 12.6 Å². The van der Waals surface area contributed by atoms with E-state index >= 15 is 0 Å². The summed E-state index contributed by atoms with van der Waals surface area (Å²) in [6, 6.07) is 7.34. The van der Waals surface area contributed by atoms with Gasteiger partial charge in [0.2, 0.25) is 0 Å². The van der Waals surface area contributed by atoms with E-state index in [0.717, 1.165) is 11.1 Å². The van der Waals surface area contributed by atoms with Crippen molar-refractivity contribution in [3.63, 3.8) is 0 Å². The highest BCUT2D eigenvalue weighted by molar-refractivity contribution is 5.36. The second kappa shape index (κ2) is 7.82. The van der Waals surface area contributed by atoms with E-state index in [1.165, 1.54) is 0 Å². The maximum Gasteiger partial charge on any atom is 0.389 e. The highest BCUT2D eigenvalue weighted by Crippen LogP contribution is 2.21. The summed E-state index contributed by atoms with van der Waals surface area (Å²) in [6.07, 6.45) is -4.92. The fourth-order valence-corrected chi connectivity index (χ4v) is 1.40. The molecule has 0 saturated heterocycles. The molecule has 0 aliphatic carbocycles. The quantitative estimate of drug-likeness (QED) is 0.660. The Hall–Kier alpha value is -1.51. The molecule has 0 saturated carbocycles. The van der Waals surface area contributed by atoms with Crippen LogP contribution in [-0.4, -0.2) is 19.3 Å². The molecule has 2 nitrogen and oxygen atoms in total. The Kier molecular flexibility index (Phi) is 6.40. The number of nitrogens with two attached hydrogens (primary N) is 1. The number of hydrogen-bond donors (Lipinski definition) is 1. The van der Waals surface area contributed by atoms with E-state index in [1.54, 1.807) is 0 Å². The normalized spacial score (nSPS) is 10.9. The molecule has 1 aromatic rings. The maximum absolute atomic E-state index is 11.9. The van der Waals surface area contributed by atoms with Gasteiger partial charge in [-0.15, -0.1) is 0 Å². The van der Waals surface area contributed by atoms with Crippen LogP contribution in [0.5, 0.6) is 0 Å². The summed E-state index contributed by atoms with van der Waals surface area (Å²) >= 11 is 0. The van der Waals surface area contributed by atoms with E-state index in [9.17, 15) is 13.2 Å². The lowest BCUT2D eigenvalue weighted by atomic mass is 10.1. The molecule has 0 radical (unpaired) electrons. The summed E-state index contributed by atoms with van der Waals surface area (Å²) in [6.45, 7) is 0.723. The second-order valence-electron chi connectivity index (χ2n) is 3.97. The first-order chi connectivity index (χ1) is 9.01. The van der Waals surface area contributed by atoms with Gasteiger partial charge in [0, 0.05) is 18.6 Å². The van der Waals surface area contributed by atoms with E-state index in [0.29, 0.717) is 13.2 Å². The molecule has 0 fully saturated rings. The van der Waals surface area contributed by atoms with Crippen LogP contribution in [0.25, 0.3) is 0 Å². The molecule has 19 heavy (non-hydrogen) atoms. The lowest BCUT2D eigenvalue weighted by molar-refractivity contribution is -0.138. The molecule has 1 aromatic carbocycles. The van der Waals surface area contributed by atoms with Crippen LogP contribution in [-0.2, 0) is 11.3 Å². The number of benzene rings is 1. The Morgan fingerprint density at radius 1 is 1.16 bits per heavy atom. The zero-order chi connectivity index (χ0) is 14.1. The molecule has 0 bridgehead atoms. The van der Waals surface area contributed by atoms with Crippen molar-refractivity contribution in [2.45, 2.75) is 25.6 Å². The Balaban J connectivity index is 2.27. The molecule has 1 rings (SSSR count). The predicted molar refractivity (Wildman–Crippen MR) is 67.3 cm³/mol. The van der Waals surface area contributed by atoms with Gasteiger partial charge in [-0.05, 0) is 24.1 Å². The average molecular weight is 271 g/mol. The van der Waals surface area contributed by atoms with E-state index in [2.05, 4.69) is 11.8 Å². The molecular weight excluding hydrogens is 255 g/mol. The molecule has 104 valence electrons. The summed E-state index contributed by atoms with van der Waals surface area (Å²) in [5.74, 6) is 5.62. The van der Waals surface area contributed by atoms with Crippen molar-refractivity contribution >= 4 is 0 Å². The number of halogens is 3. The lowest BCUT2D eigenvalue weighted by Crippen LogP contribution is -2.08. The smallest absolute Gasteiger partial charge is 0.377 e. The molecule has 0 aliphatic rings. The van der Waals surface area contributed by atoms with Gasteiger partial charge in [0.1, 0.15) is 0 Å².